The van der Waals surface area contributed by atoms with Crippen LogP contribution < -0.4 is 5.32 Å². The van der Waals surface area contributed by atoms with Gasteiger partial charge in [0.1, 0.15) is 0 Å². The number of methoxy groups -OCH3 is 1. The highest BCUT2D eigenvalue weighted by Gasteiger charge is 2.08. The van der Waals surface area contributed by atoms with Crippen molar-refractivity contribution in [3.05, 3.63) is 33.8 Å². The average Bonchev–Trinajstić information content (AvgIpc) is 2.27. The molecule has 2 unspecified atom stereocenters. The van der Waals surface area contributed by atoms with E-state index < -0.39 is 6.10 Å². The van der Waals surface area contributed by atoms with Crippen molar-refractivity contribution in [3.8, 4) is 0 Å². The summed E-state index contributed by atoms with van der Waals surface area (Å²) in [6.07, 6.45) is 0.213. The number of benzene rings is 1. The number of aliphatic hydroxyl groups excluding tert-OH is 1. The van der Waals surface area contributed by atoms with E-state index in [2.05, 4.69) is 5.32 Å². The van der Waals surface area contributed by atoms with Gasteiger partial charge in [0.2, 0.25) is 0 Å². The van der Waals surface area contributed by atoms with Crippen LogP contribution in [0.1, 0.15) is 24.9 Å². The van der Waals surface area contributed by atoms with E-state index in [0.29, 0.717) is 29.6 Å². The standard InChI is InChI=1S/C13H19Cl2NO2/c1-9(16-4-3-13(17)8-18-2)10-5-11(14)7-12(15)6-10/h5-7,9,13,16-17H,3-4,8H2,1-2H3. The fourth-order valence-corrected chi connectivity index (χ4v) is 2.23. The molecule has 5 heteroatoms. The fraction of sp³-hybridized carbons (Fsp3) is 0.538. The molecule has 0 aromatic heterocycles. The zero-order valence-electron chi connectivity index (χ0n) is 10.6. The van der Waals surface area contributed by atoms with Gasteiger partial charge >= 0.3 is 0 Å². The van der Waals surface area contributed by atoms with Crippen LogP contribution in [-0.4, -0.2) is 31.5 Å². The number of halogens is 2. The topological polar surface area (TPSA) is 41.5 Å². The lowest BCUT2D eigenvalue weighted by molar-refractivity contribution is 0.0590. The van der Waals surface area contributed by atoms with E-state index in [-0.39, 0.29) is 6.04 Å². The number of rotatable bonds is 7. The van der Waals surface area contributed by atoms with Gasteiger partial charge in [-0.15, -0.1) is 0 Å². The van der Waals surface area contributed by atoms with Crippen molar-refractivity contribution in [2.24, 2.45) is 0 Å². The summed E-state index contributed by atoms with van der Waals surface area (Å²) in [6, 6.07) is 5.62. The van der Waals surface area contributed by atoms with E-state index in [4.69, 9.17) is 27.9 Å². The zero-order valence-corrected chi connectivity index (χ0v) is 12.1. The first kappa shape index (κ1) is 15.7. The maximum absolute atomic E-state index is 9.51. The van der Waals surface area contributed by atoms with Gasteiger partial charge in [0.25, 0.3) is 0 Å². The molecule has 2 atom stereocenters. The Labute approximate surface area is 118 Å². The molecule has 0 heterocycles. The van der Waals surface area contributed by atoms with E-state index in [0.717, 1.165) is 5.56 Å². The number of hydrogen-bond acceptors (Lipinski definition) is 3. The number of nitrogens with one attached hydrogen (secondary N) is 1. The highest BCUT2D eigenvalue weighted by Crippen LogP contribution is 2.23. The van der Waals surface area contributed by atoms with Crippen LogP contribution in [0.2, 0.25) is 10.0 Å². The SMILES string of the molecule is COCC(O)CCNC(C)c1cc(Cl)cc(Cl)c1. The van der Waals surface area contributed by atoms with Gasteiger partial charge in [-0.3, -0.25) is 0 Å². The lowest BCUT2D eigenvalue weighted by atomic mass is 10.1. The highest BCUT2D eigenvalue weighted by molar-refractivity contribution is 6.34. The molecule has 0 spiro atoms. The van der Waals surface area contributed by atoms with Gasteiger partial charge in [-0.25, -0.2) is 0 Å². The average molecular weight is 292 g/mol. The summed E-state index contributed by atoms with van der Waals surface area (Å²) in [5.41, 5.74) is 1.04. The predicted molar refractivity (Wildman–Crippen MR) is 75.4 cm³/mol. The molecule has 0 fully saturated rings. The molecule has 0 saturated carbocycles. The van der Waals surface area contributed by atoms with E-state index in [9.17, 15) is 5.11 Å². The van der Waals surface area contributed by atoms with Crippen molar-refractivity contribution in [2.75, 3.05) is 20.3 Å². The van der Waals surface area contributed by atoms with Gasteiger partial charge in [0.15, 0.2) is 0 Å². The molecule has 0 aliphatic rings. The van der Waals surface area contributed by atoms with Crippen molar-refractivity contribution in [1.29, 1.82) is 0 Å². The first-order chi connectivity index (χ1) is 8.52. The van der Waals surface area contributed by atoms with Crippen LogP contribution in [-0.2, 0) is 4.74 Å². The minimum Gasteiger partial charge on any atom is -0.391 e. The third kappa shape index (κ3) is 5.55. The highest BCUT2D eigenvalue weighted by atomic mass is 35.5. The first-order valence-corrected chi connectivity index (χ1v) is 6.65. The minimum absolute atomic E-state index is 0.135. The van der Waals surface area contributed by atoms with Crippen molar-refractivity contribution in [1.82, 2.24) is 5.32 Å². The number of aliphatic hydroxyl groups is 1. The summed E-state index contributed by atoms with van der Waals surface area (Å²) >= 11 is 11.9. The molecule has 3 nitrogen and oxygen atoms in total. The van der Waals surface area contributed by atoms with Crippen molar-refractivity contribution in [3.63, 3.8) is 0 Å². The molecule has 0 radical (unpaired) electrons. The number of ether oxygens (including phenoxy) is 1. The largest absolute Gasteiger partial charge is 0.391 e. The Morgan fingerprint density at radius 1 is 1.28 bits per heavy atom. The lowest BCUT2D eigenvalue weighted by Gasteiger charge is -2.16. The molecule has 0 saturated heterocycles. The van der Waals surface area contributed by atoms with Crippen LogP contribution in [0.4, 0.5) is 0 Å². The van der Waals surface area contributed by atoms with Crippen LogP contribution in [0.3, 0.4) is 0 Å². The smallest absolute Gasteiger partial charge is 0.0785 e. The van der Waals surface area contributed by atoms with Crippen LogP contribution in [0, 0.1) is 0 Å². The molecule has 102 valence electrons. The Morgan fingerprint density at radius 3 is 2.44 bits per heavy atom. The third-order valence-corrected chi connectivity index (χ3v) is 3.11. The van der Waals surface area contributed by atoms with Gasteiger partial charge in [-0.2, -0.15) is 0 Å². The van der Waals surface area contributed by atoms with Gasteiger partial charge < -0.3 is 15.2 Å². The van der Waals surface area contributed by atoms with Gasteiger partial charge in [-0.1, -0.05) is 23.2 Å². The van der Waals surface area contributed by atoms with Crippen LogP contribution in [0.5, 0.6) is 0 Å². The maximum Gasteiger partial charge on any atom is 0.0785 e. The molecular weight excluding hydrogens is 273 g/mol. The Balaban J connectivity index is 2.42. The quantitative estimate of drug-likeness (QED) is 0.811. The Kier molecular flexibility index (Phi) is 6.97. The molecule has 1 rings (SSSR count). The van der Waals surface area contributed by atoms with Gasteiger partial charge in [0, 0.05) is 23.2 Å². The predicted octanol–water partition coefficient (Wildman–Crippen LogP) is 3.04. The summed E-state index contributed by atoms with van der Waals surface area (Å²) in [4.78, 5) is 0. The summed E-state index contributed by atoms with van der Waals surface area (Å²) in [6.45, 7) is 3.10. The second kappa shape index (κ2) is 7.97. The number of hydrogen-bond donors (Lipinski definition) is 2. The summed E-state index contributed by atoms with van der Waals surface area (Å²) in [5.74, 6) is 0. The molecule has 0 aliphatic heterocycles. The molecule has 18 heavy (non-hydrogen) atoms. The third-order valence-electron chi connectivity index (χ3n) is 2.67. The van der Waals surface area contributed by atoms with Crippen molar-refractivity contribution in [2.45, 2.75) is 25.5 Å². The Hall–Kier alpha value is -0.320. The van der Waals surface area contributed by atoms with Gasteiger partial charge in [-0.05, 0) is 43.7 Å². The summed E-state index contributed by atoms with van der Waals surface area (Å²) in [5, 5.41) is 14.1. The fourth-order valence-electron chi connectivity index (χ4n) is 1.69. The minimum atomic E-state index is -0.433. The molecule has 1 aromatic carbocycles. The molecule has 0 amide bonds. The summed E-state index contributed by atoms with van der Waals surface area (Å²) in [7, 11) is 1.58. The van der Waals surface area contributed by atoms with Gasteiger partial charge in [0.05, 0.1) is 12.7 Å². The Morgan fingerprint density at radius 2 is 1.89 bits per heavy atom. The molecule has 0 bridgehead atoms. The van der Waals surface area contributed by atoms with E-state index in [1.807, 2.05) is 19.1 Å². The first-order valence-electron chi connectivity index (χ1n) is 5.89. The van der Waals surface area contributed by atoms with Crippen LogP contribution in [0.25, 0.3) is 0 Å². The Bertz CT molecular complexity index is 354. The molecule has 1 aromatic rings. The molecule has 2 N–H and O–H groups in total. The van der Waals surface area contributed by atoms with Crippen molar-refractivity contribution >= 4 is 23.2 Å². The summed E-state index contributed by atoms with van der Waals surface area (Å²) < 4.78 is 4.86. The van der Waals surface area contributed by atoms with Crippen LogP contribution in [0.15, 0.2) is 18.2 Å². The monoisotopic (exact) mass is 291 g/mol. The maximum atomic E-state index is 9.51. The van der Waals surface area contributed by atoms with Crippen molar-refractivity contribution < 1.29 is 9.84 Å². The zero-order chi connectivity index (χ0) is 13.5. The van der Waals surface area contributed by atoms with E-state index >= 15 is 0 Å². The second-order valence-electron chi connectivity index (χ2n) is 4.28. The molecular formula is C13H19Cl2NO2. The molecule has 0 aliphatic carbocycles. The normalized spacial score (nSPS) is 14.5. The van der Waals surface area contributed by atoms with Crippen LogP contribution >= 0.6 is 23.2 Å². The second-order valence-corrected chi connectivity index (χ2v) is 5.15. The lowest BCUT2D eigenvalue weighted by Crippen LogP contribution is -2.25. The van der Waals surface area contributed by atoms with E-state index in [1.54, 1.807) is 13.2 Å². The van der Waals surface area contributed by atoms with E-state index in [1.165, 1.54) is 0 Å².